The highest BCUT2D eigenvalue weighted by Gasteiger charge is 2.28. The predicted molar refractivity (Wildman–Crippen MR) is 123 cm³/mol. The van der Waals surface area contributed by atoms with Gasteiger partial charge in [0.15, 0.2) is 11.5 Å². The molecule has 1 saturated heterocycles. The summed E-state index contributed by atoms with van der Waals surface area (Å²) in [6.45, 7) is 7.86. The van der Waals surface area contributed by atoms with Crippen LogP contribution in [0.2, 0.25) is 0 Å². The Morgan fingerprint density at radius 2 is 2.17 bits per heavy atom. The van der Waals surface area contributed by atoms with Gasteiger partial charge in [-0.15, -0.1) is 11.8 Å². The van der Waals surface area contributed by atoms with Crippen molar-refractivity contribution >= 4 is 34.6 Å². The maximum atomic E-state index is 12.9. The van der Waals surface area contributed by atoms with E-state index in [4.69, 9.17) is 4.42 Å². The molecule has 5 nitrogen and oxygen atoms in total. The van der Waals surface area contributed by atoms with Crippen molar-refractivity contribution in [3.63, 3.8) is 0 Å². The Kier molecular flexibility index (Phi) is 6.32. The highest BCUT2D eigenvalue weighted by atomic mass is 32.2. The van der Waals surface area contributed by atoms with Crippen molar-refractivity contribution in [1.82, 2.24) is 9.88 Å². The molecule has 3 aromatic rings. The van der Waals surface area contributed by atoms with E-state index in [1.165, 1.54) is 4.90 Å². The molecule has 1 aliphatic rings. The molecule has 2 heterocycles. The molecule has 4 rings (SSSR count). The zero-order chi connectivity index (χ0) is 21.1. The van der Waals surface area contributed by atoms with E-state index >= 15 is 0 Å². The second-order valence-electron chi connectivity index (χ2n) is 8.05. The minimum Gasteiger partial charge on any atom is -0.440 e. The zero-order valence-corrected chi connectivity index (χ0v) is 18.7. The van der Waals surface area contributed by atoms with Crippen LogP contribution >= 0.6 is 11.8 Å². The van der Waals surface area contributed by atoms with Gasteiger partial charge in [-0.25, -0.2) is 9.78 Å². The summed E-state index contributed by atoms with van der Waals surface area (Å²) in [6, 6.07) is 14.0. The van der Waals surface area contributed by atoms with E-state index in [-0.39, 0.29) is 11.9 Å². The van der Waals surface area contributed by atoms with Gasteiger partial charge in [0.25, 0.3) is 0 Å². The Bertz CT molecular complexity index is 999. The smallest absolute Gasteiger partial charge is 0.321 e. The van der Waals surface area contributed by atoms with Crippen molar-refractivity contribution in [3.8, 4) is 0 Å². The van der Waals surface area contributed by atoms with E-state index in [0.29, 0.717) is 11.8 Å². The second kappa shape index (κ2) is 9.13. The fourth-order valence-electron chi connectivity index (χ4n) is 3.79. The summed E-state index contributed by atoms with van der Waals surface area (Å²) >= 11 is 1.87. The number of anilines is 1. The normalized spacial score (nSPS) is 17.8. The van der Waals surface area contributed by atoms with Crippen LogP contribution in [0, 0.1) is 6.92 Å². The molecule has 0 saturated carbocycles. The van der Waals surface area contributed by atoms with Gasteiger partial charge in [-0.1, -0.05) is 26.0 Å². The first kappa shape index (κ1) is 20.8. The van der Waals surface area contributed by atoms with Crippen molar-refractivity contribution in [2.24, 2.45) is 0 Å². The number of aromatic nitrogens is 1. The third-order valence-electron chi connectivity index (χ3n) is 5.72. The topological polar surface area (TPSA) is 58.4 Å². The Morgan fingerprint density at radius 3 is 2.93 bits per heavy atom. The number of amides is 2. The molecule has 0 aliphatic carbocycles. The molecule has 1 fully saturated rings. The number of para-hydroxylation sites is 2. The molecule has 0 bridgehead atoms. The van der Waals surface area contributed by atoms with Crippen LogP contribution in [0.1, 0.15) is 50.5 Å². The molecule has 30 heavy (non-hydrogen) atoms. The lowest BCUT2D eigenvalue weighted by atomic mass is 9.98. The van der Waals surface area contributed by atoms with Gasteiger partial charge in [0.05, 0.1) is 5.92 Å². The SMILES string of the molecule is CCC(C)Sc1ccc(NC(=O)N2CCCC(c3nc4ccccc4o3)C2)c(C)c1. The fourth-order valence-corrected chi connectivity index (χ4v) is 4.81. The standard InChI is InChI=1S/C24H29N3O2S/c1-4-17(3)30-19-11-12-20(16(2)14-19)26-24(28)27-13-7-8-18(15-27)23-25-21-9-5-6-10-22(21)29-23/h5-6,9-12,14,17-18H,4,7-8,13,15H2,1-3H3,(H,26,28). The number of likely N-dealkylation sites (tertiary alicyclic amines) is 1. The van der Waals surface area contributed by atoms with Crippen molar-refractivity contribution in [1.29, 1.82) is 0 Å². The summed E-state index contributed by atoms with van der Waals surface area (Å²) in [5.74, 6) is 0.864. The summed E-state index contributed by atoms with van der Waals surface area (Å²) in [4.78, 5) is 20.7. The number of hydrogen-bond acceptors (Lipinski definition) is 4. The van der Waals surface area contributed by atoms with E-state index < -0.39 is 0 Å². The molecule has 2 atom stereocenters. The number of piperidine rings is 1. The first-order valence-electron chi connectivity index (χ1n) is 10.7. The molecule has 0 radical (unpaired) electrons. The monoisotopic (exact) mass is 423 g/mol. The van der Waals surface area contributed by atoms with Gasteiger partial charge in [-0.3, -0.25) is 0 Å². The Balaban J connectivity index is 1.42. The van der Waals surface area contributed by atoms with Crippen molar-refractivity contribution in [2.45, 2.75) is 56.1 Å². The zero-order valence-electron chi connectivity index (χ0n) is 17.9. The molecule has 0 spiro atoms. The number of hydrogen-bond donors (Lipinski definition) is 1. The average Bonchev–Trinajstić information content (AvgIpc) is 3.20. The van der Waals surface area contributed by atoms with Crippen molar-refractivity contribution in [2.75, 3.05) is 18.4 Å². The third-order valence-corrected chi connectivity index (χ3v) is 6.98. The number of aryl methyl sites for hydroxylation is 1. The predicted octanol–water partition coefficient (Wildman–Crippen LogP) is 6.44. The number of thioether (sulfide) groups is 1. The van der Waals surface area contributed by atoms with E-state index in [0.717, 1.165) is 54.0 Å². The van der Waals surface area contributed by atoms with E-state index in [2.05, 4.69) is 36.3 Å². The van der Waals surface area contributed by atoms with Crippen LogP contribution in [0.25, 0.3) is 11.1 Å². The molecule has 1 N–H and O–H groups in total. The highest BCUT2D eigenvalue weighted by molar-refractivity contribution is 7.99. The summed E-state index contributed by atoms with van der Waals surface area (Å²) in [6.07, 6.45) is 3.07. The third kappa shape index (κ3) is 4.64. The van der Waals surface area contributed by atoms with Gasteiger partial charge in [-0.05, 0) is 62.1 Å². The van der Waals surface area contributed by atoms with Gasteiger partial charge in [0, 0.05) is 28.9 Å². The van der Waals surface area contributed by atoms with E-state index in [9.17, 15) is 4.79 Å². The first-order valence-corrected chi connectivity index (χ1v) is 11.6. The molecule has 1 aromatic heterocycles. The van der Waals surface area contributed by atoms with E-state index in [1.54, 1.807) is 0 Å². The number of fused-ring (bicyclic) bond motifs is 1. The van der Waals surface area contributed by atoms with E-state index in [1.807, 2.05) is 53.9 Å². The van der Waals surface area contributed by atoms with Gasteiger partial charge in [0.2, 0.25) is 0 Å². The van der Waals surface area contributed by atoms with Gasteiger partial charge < -0.3 is 14.6 Å². The number of urea groups is 1. The number of nitrogens with one attached hydrogen (secondary N) is 1. The minimum atomic E-state index is -0.0544. The number of benzene rings is 2. The largest absolute Gasteiger partial charge is 0.440 e. The second-order valence-corrected chi connectivity index (χ2v) is 9.56. The van der Waals surface area contributed by atoms with Crippen LogP contribution < -0.4 is 5.32 Å². The quantitative estimate of drug-likeness (QED) is 0.480. The number of nitrogens with zero attached hydrogens (tertiary/aromatic N) is 2. The molecule has 1 aliphatic heterocycles. The van der Waals surface area contributed by atoms with Crippen molar-refractivity contribution < 1.29 is 9.21 Å². The maximum absolute atomic E-state index is 12.9. The number of carbonyl (C=O) groups is 1. The Hall–Kier alpha value is -2.47. The number of rotatable bonds is 5. The van der Waals surface area contributed by atoms with Gasteiger partial charge in [0.1, 0.15) is 5.52 Å². The molecule has 158 valence electrons. The maximum Gasteiger partial charge on any atom is 0.321 e. The van der Waals surface area contributed by atoms with Crippen LogP contribution in [0.4, 0.5) is 10.5 Å². The van der Waals surface area contributed by atoms with Crippen LogP contribution in [0.15, 0.2) is 51.8 Å². The lowest BCUT2D eigenvalue weighted by Crippen LogP contribution is -2.41. The number of carbonyl (C=O) groups excluding carboxylic acids is 1. The van der Waals surface area contributed by atoms with Crippen LogP contribution in [-0.2, 0) is 0 Å². The molecule has 2 amide bonds. The Labute approximate surface area is 182 Å². The summed E-state index contributed by atoms with van der Waals surface area (Å²) < 4.78 is 5.96. The summed E-state index contributed by atoms with van der Waals surface area (Å²) in [7, 11) is 0. The summed E-state index contributed by atoms with van der Waals surface area (Å²) in [5.41, 5.74) is 3.64. The lowest BCUT2D eigenvalue weighted by Gasteiger charge is -2.31. The molecular weight excluding hydrogens is 394 g/mol. The molecule has 2 unspecified atom stereocenters. The van der Waals surface area contributed by atoms with Gasteiger partial charge >= 0.3 is 6.03 Å². The summed E-state index contributed by atoms with van der Waals surface area (Å²) in [5, 5.41) is 3.68. The molecular formula is C24H29N3O2S. The van der Waals surface area contributed by atoms with Crippen LogP contribution in [0.5, 0.6) is 0 Å². The average molecular weight is 424 g/mol. The lowest BCUT2D eigenvalue weighted by molar-refractivity contribution is 0.187. The fraction of sp³-hybridized carbons (Fsp3) is 0.417. The molecule has 6 heteroatoms. The van der Waals surface area contributed by atoms with Crippen molar-refractivity contribution in [3.05, 3.63) is 53.9 Å². The van der Waals surface area contributed by atoms with Gasteiger partial charge in [-0.2, -0.15) is 0 Å². The van der Waals surface area contributed by atoms with Crippen LogP contribution in [-0.4, -0.2) is 34.3 Å². The highest BCUT2D eigenvalue weighted by Crippen LogP contribution is 2.31. The minimum absolute atomic E-state index is 0.0544. The Morgan fingerprint density at radius 1 is 1.33 bits per heavy atom. The van der Waals surface area contributed by atoms with Crippen LogP contribution in [0.3, 0.4) is 0 Å². The first-order chi connectivity index (χ1) is 14.5. The molecule has 2 aromatic carbocycles. The number of oxazole rings is 1.